The number of aliphatic hydroxyl groups is 1. The Morgan fingerprint density at radius 1 is 1.05 bits per heavy atom. The zero-order valence-electron chi connectivity index (χ0n) is 20.5. The Bertz CT molecular complexity index is 1640. The van der Waals surface area contributed by atoms with Crippen LogP contribution in [0.3, 0.4) is 0 Å². The van der Waals surface area contributed by atoms with Crippen molar-refractivity contribution < 1.29 is 29.1 Å². The van der Waals surface area contributed by atoms with Crippen molar-refractivity contribution in [3.05, 3.63) is 93.0 Å². The van der Waals surface area contributed by atoms with Crippen molar-refractivity contribution in [3.8, 4) is 11.5 Å². The molecule has 0 bridgehead atoms. The van der Waals surface area contributed by atoms with Gasteiger partial charge in [0.2, 0.25) is 0 Å². The number of fused-ring (bicyclic) bond motifs is 1. The predicted molar refractivity (Wildman–Crippen MR) is 142 cm³/mol. The second-order valence-electron chi connectivity index (χ2n) is 8.53. The summed E-state index contributed by atoms with van der Waals surface area (Å²) in [6.45, 7) is 1.79. The third-order valence-corrected chi connectivity index (χ3v) is 7.34. The van der Waals surface area contributed by atoms with Crippen molar-refractivity contribution >= 4 is 49.8 Å². The number of ketones is 1. The Hall–Kier alpha value is -4.77. The Balaban J connectivity index is 1.71. The number of anilines is 1. The SMILES string of the molecule is COc1ccc2nc(N3C(=O)C(=O)/C(=C(/O)c4ccc(OC)c(C)c4)[C@@H]3c3ccc([N+](=O)[O-])cc3)sc2c1. The molecule has 1 amide bonds. The number of benzene rings is 3. The van der Waals surface area contributed by atoms with E-state index in [9.17, 15) is 24.8 Å². The summed E-state index contributed by atoms with van der Waals surface area (Å²) in [4.78, 5) is 43.3. The number of Topliss-reactive ketones (excluding diaryl/α,β-unsaturated/α-hetero) is 1. The van der Waals surface area contributed by atoms with Gasteiger partial charge in [-0.1, -0.05) is 11.3 Å². The van der Waals surface area contributed by atoms with Crippen LogP contribution >= 0.6 is 11.3 Å². The van der Waals surface area contributed by atoms with E-state index in [2.05, 4.69) is 4.98 Å². The van der Waals surface area contributed by atoms with E-state index in [-0.39, 0.29) is 22.2 Å². The highest BCUT2D eigenvalue weighted by Crippen LogP contribution is 2.45. The zero-order valence-corrected chi connectivity index (χ0v) is 21.3. The average Bonchev–Trinajstić information content (AvgIpc) is 3.45. The van der Waals surface area contributed by atoms with Crippen molar-refractivity contribution in [2.75, 3.05) is 19.1 Å². The van der Waals surface area contributed by atoms with Crippen LogP contribution in [0.1, 0.15) is 22.7 Å². The number of methoxy groups -OCH3 is 2. The Morgan fingerprint density at radius 2 is 1.79 bits per heavy atom. The number of nitro groups is 1. The summed E-state index contributed by atoms with van der Waals surface area (Å²) in [5, 5.41) is 22.8. The molecule has 5 rings (SSSR count). The van der Waals surface area contributed by atoms with E-state index < -0.39 is 22.7 Å². The summed E-state index contributed by atoms with van der Waals surface area (Å²) in [7, 11) is 3.06. The summed E-state index contributed by atoms with van der Waals surface area (Å²) >= 11 is 1.19. The summed E-state index contributed by atoms with van der Waals surface area (Å²) in [5.41, 5.74) is 1.74. The van der Waals surface area contributed by atoms with Crippen molar-refractivity contribution in [2.24, 2.45) is 0 Å². The highest BCUT2D eigenvalue weighted by Gasteiger charge is 2.48. The Kier molecular flexibility index (Phi) is 6.29. The fourth-order valence-corrected chi connectivity index (χ4v) is 5.45. The minimum atomic E-state index is -1.07. The Labute approximate surface area is 220 Å². The smallest absolute Gasteiger partial charge is 0.301 e. The number of amides is 1. The fraction of sp³-hybridized carbons (Fsp3) is 0.148. The molecule has 2 heterocycles. The van der Waals surface area contributed by atoms with Gasteiger partial charge >= 0.3 is 5.91 Å². The van der Waals surface area contributed by atoms with Crippen molar-refractivity contribution in [1.82, 2.24) is 4.98 Å². The number of rotatable bonds is 6. The summed E-state index contributed by atoms with van der Waals surface area (Å²) in [5.74, 6) is -0.930. The van der Waals surface area contributed by atoms with Gasteiger partial charge in [0.25, 0.3) is 11.5 Å². The topological polar surface area (TPSA) is 132 Å². The molecule has 1 aliphatic rings. The van der Waals surface area contributed by atoms with Crippen LogP contribution in [0, 0.1) is 17.0 Å². The van der Waals surface area contributed by atoms with E-state index in [4.69, 9.17) is 9.47 Å². The van der Waals surface area contributed by atoms with E-state index in [0.29, 0.717) is 28.1 Å². The van der Waals surface area contributed by atoms with Gasteiger partial charge in [0.1, 0.15) is 17.3 Å². The maximum absolute atomic E-state index is 13.4. The summed E-state index contributed by atoms with van der Waals surface area (Å²) in [6, 6.07) is 14.6. The van der Waals surface area contributed by atoms with Gasteiger partial charge in [-0.2, -0.15) is 0 Å². The lowest BCUT2D eigenvalue weighted by molar-refractivity contribution is -0.384. The molecular formula is C27H21N3O7S. The first kappa shape index (κ1) is 24.9. The van der Waals surface area contributed by atoms with Crippen molar-refractivity contribution in [3.63, 3.8) is 0 Å². The number of aliphatic hydroxyl groups excluding tert-OH is 1. The van der Waals surface area contributed by atoms with Crippen LogP contribution in [0.5, 0.6) is 11.5 Å². The first-order chi connectivity index (χ1) is 18.2. The third-order valence-electron chi connectivity index (χ3n) is 6.32. The van der Waals surface area contributed by atoms with Gasteiger partial charge in [-0.15, -0.1) is 0 Å². The molecule has 1 fully saturated rings. The monoisotopic (exact) mass is 531 g/mol. The van der Waals surface area contributed by atoms with E-state index in [0.717, 1.165) is 10.3 Å². The maximum atomic E-state index is 13.4. The molecular weight excluding hydrogens is 510 g/mol. The van der Waals surface area contributed by atoms with Crippen LogP contribution in [-0.2, 0) is 9.59 Å². The molecule has 0 aliphatic carbocycles. The maximum Gasteiger partial charge on any atom is 0.301 e. The number of ether oxygens (including phenoxy) is 2. The number of hydrogen-bond donors (Lipinski definition) is 1. The van der Waals surface area contributed by atoms with Crippen LogP contribution in [0.25, 0.3) is 16.0 Å². The van der Waals surface area contributed by atoms with Crippen LogP contribution in [-0.4, -0.2) is 40.9 Å². The quantitative estimate of drug-likeness (QED) is 0.119. The standard InChI is InChI=1S/C27H21N3O7S/c1-14-12-16(6-11-20(14)37-3)24(31)22-23(15-4-7-17(8-5-15)30(34)35)29(26(33)25(22)32)27-28-19-10-9-18(36-2)13-21(19)38-27/h4-13,23,31H,1-3H3/b24-22+/t23-/m0/s1. The molecule has 38 heavy (non-hydrogen) atoms. The normalized spacial score (nSPS) is 16.7. The van der Waals surface area contributed by atoms with Crippen LogP contribution < -0.4 is 14.4 Å². The molecule has 0 spiro atoms. The number of non-ortho nitro benzene ring substituents is 1. The van der Waals surface area contributed by atoms with Gasteiger partial charge in [0, 0.05) is 17.7 Å². The first-order valence-electron chi connectivity index (χ1n) is 11.4. The van der Waals surface area contributed by atoms with Gasteiger partial charge in [0.15, 0.2) is 5.13 Å². The molecule has 192 valence electrons. The van der Waals surface area contributed by atoms with Gasteiger partial charge in [-0.3, -0.25) is 24.6 Å². The molecule has 1 N–H and O–H groups in total. The number of carbonyl (C=O) groups excluding carboxylic acids is 2. The number of nitro benzene ring substituents is 1. The number of aromatic nitrogens is 1. The van der Waals surface area contributed by atoms with Gasteiger partial charge in [-0.25, -0.2) is 4.98 Å². The minimum absolute atomic E-state index is 0.148. The van der Waals surface area contributed by atoms with Gasteiger partial charge in [-0.05, 0) is 66.6 Å². The molecule has 1 aliphatic heterocycles. The minimum Gasteiger partial charge on any atom is -0.507 e. The highest BCUT2D eigenvalue weighted by atomic mass is 32.1. The summed E-state index contributed by atoms with van der Waals surface area (Å²) in [6.07, 6.45) is 0. The predicted octanol–water partition coefficient (Wildman–Crippen LogP) is 5.16. The molecule has 1 aromatic heterocycles. The van der Waals surface area contributed by atoms with Crippen LogP contribution in [0.15, 0.2) is 66.2 Å². The van der Waals surface area contributed by atoms with Gasteiger partial charge < -0.3 is 14.6 Å². The third kappa shape index (κ3) is 4.12. The molecule has 3 aromatic carbocycles. The number of nitrogens with zero attached hydrogens (tertiary/aromatic N) is 3. The highest BCUT2D eigenvalue weighted by molar-refractivity contribution is 7.22. The molecule has 11 heteroatoms. The van der Waals surface area contributed by atoms with E-state index in [1.54, 1.807) is 43.3 Å². The molecule has 4 aromatic rings. The van der Waals surface area contributed by atoms with Crippen LogP contribution in [0.2, 0.25) is 0 Å². The fourth-order valence-electron chi connectivity index (χ4n) is 4.43. The van der Waals surface area contributed by atoms with E-state index >= 15 is 0 Å². The zero-order chi connectivity index (χ0) is 27.1. The molecule has 1 saturated heterocycles. The Morgan fingerprint density at radius 3 is 2.42 bits per heavy atom. The van der Waals surface area contributed by atoms with E-state index in [1.165, 1.54) is 54.7 Å². The number of carbonyl (C=O) groups is 2. The lowest BCUT2D eigenvalue weighted by atomic mass is 9.94. The van der Waals surface area contributed by atoms with Crippen molar-refractivity contribution in [2.45, 2.75) is 13.0 Å². The number of hydrogen-bond acceptors (Lipinski definition) is 9. The second kappa shape index (κ2) is 9.60. The van der Waals surface area contributed by atoms with E-state index in [1.807, 2.05) is 0 Å². The second-order valence-corrected chi connectivity index (χ2v) is 9.54. The molecule has 0 unspecified atom stereocenters. The molecule has 10 nitrogen and oxygen atoms in total. The number of aryl methyl sites for hydroxylation is 1. The molecule has 0 radical (unpaired) electrons. The van der Waals surface area contributed by atoms with Crippen molar-refractivity contribution in [1.29, 1.82) is 0 Å². The lowest BCUT2D eigenvalue weighted by Gasteiger charge is -2.23. The molecule has 1 atom stereocenters. The first-order valence-corrected chi connectivity index (χ1v) is 12.2. The number of thiazole rings is 1. The molecule has 0 saturated carbocycles. The van der Waals surface area contributed by atoms with Crippen LogP contribution in [0.4, 0.5) is 10.8 Å². The lowest BCUT2D eigenvalue weighted by Crippen LogP contribution is -2.29. The van der Waals surface area contributed by atoms with Gasteiger partial charge in [0.05, 0.1) is 41.0 Å². The summed E-state index contributed by atoms with van der Waals surface area (Å²) < 4.78 is 11.3. The average molecular weight is 532 g/mol. The largest absolute Gasteiger partial charge is 0.507 e.